The van der Waals surface area contributed by atoms with E-state index < -0.39 is 11.6 Å². The number of hydrogen-bond donors (Lipinski definition) is 1. The molecule has 0 saturated carbocycles. The van der Waals surface area contributed by atoms with Gasteiger partial charge in [0.05, 0.1) is 0 Å². The van der Waals surface area contributed by atoms with Gasteiger partial charge < -0.3 is 5.73 Å². The van der Waals surface area contributed by atoms with Crippen molar-refractivity contribution in [1.82, 2.24) is 0 Å². The quantitative estimate of drug-likeness (QED) is 0.871. The minimum Gasteiger partial charge on any atom is -0.324 e. The number of halogens is 2. The summed E-state index contributed by atoms with van der Waals surface area (Å²) in [5.41, 5.74) is 9.15. The molecule has 0 bridgehead atoms. The molecular formula is C17H19F2N. The van der Waals surface area contributed by atoms with Crippen LogP contribution in [0.2, 0.25) is 0 Å². The Morgan fingerprint density at radius 3 is 2.50 bits per heavy atom. The van der Waals surface area contributed by atoms with Gasteiger partial charge in [0, 0.05) is 6.04 Å². The first-order valence-corrected chi connectivity index (χ1v) is 6.88. The van der Waals surface area contributed by atoms with Crippen molar-refractivity contribution in [2.75, 3.05) is 0 Å². The van der Waals surface area contributed by atoms with Gasteiger partial charge in [0.1, 0.15) is 0 Å². The summed E-state index contributed by atoms with van der Waals surface area (Å²) in [7, 11) is 0. The van der Waals surface area contributed by atoms with Gasteiger partial charge >= 0.3 is 0 Å². The topological polar surface area (TPSA) is 26.0 Å². The molecule has 1 unspecified atom stereocenters. The molecule has 2 rings (SSSR count). The van der Waals surface area contributed by atoms with Gasteiger partial charge in [-0.1, -0.05) is 43.7 Å². The van der Waals surface area contributed by atoms with Crippen LogP contribution in [0, 0.1) is 11.6 Å². The van der Waals surface area contributed by atoms with Gasteiger partial charge in [-0.2, -0.15) is 0 Å². The maximum Gasteiger partial charge on any atom is 0.159 e. The molecule has 0 aromatic heterocycles. The molecule has 20 heavy (non-hydrogen) atoms. The van der Waals surface area contributed by atoms with Crippen molar-refractivity contribution in [3.8, 4) is 0 Å². The second kappa shape index (κ2) is 6.62. The Morgan fingerprint density at radius 1 is 1.00 bits per heavy atom. The van der Waals surface area contributed by atoms with Gasteiger partial charge in [0.15, 0.2) is 11.6 Å². The van der Waals surface area contributed by atoms with Gasteiger partial charge in [0.2, 0.25) is 0 Å². The van der Waals surface area contributed by atoms with Crippen molar-refractivity contribution in [1.29, 1.82) is 0 Å². The number of nitrogens with two attached hydrogens (primary N) is 1. The van der Waals surface area contributed by atoms with Crippen LogP contribution in [0.4, 0.5) is 8.78 Å². The van der Waals surface area contributed by atoms with Crippen molar-refractivity contribution < 1.29 is 8.78 Å². The molecular weight excluding hydrogens is 256 g/mol. The van der Waals surface area contributed by atoms with Crippen LogP contribution in [-0.2, 0) is 12.8 Å². The zero-order chi connectivity index (χ0) is 14.5. The Labute approximate surface area is 118 Å². The highest BCUT2D eigenvalue weighted by Gasteiger charge is 2.10. The van der Waals surface area contributed by atoms with E-state index in [4.69, 9.17) is 5.73 Å². The van der Waals surface area contributed by atoms with Gasteiger partial charge in [-0.25, -0.2) is 8.78 Å². The Hall–Kier alpha value is -1.74. The molecule has 1 nitrogen and oxygen atoms in total. The van der Waals surface area contributed by atoms with Gasteiger partial charge in [-0.3, -0.25) is 0 Å². The number of rotatable bonds is 5. The molecule has 0 aliphatic carbocycles. The van der Waals surface area contributed by atoms with Crippen molar-refractivity contribution >= 4 is 0 Å². The van der Waals surface area contributed by atoms with E-state index in [1.165, 1.54) is 11.6 Å². The van der Waals surface area contributed by atoms with E-state index in [2.05, 4.69) is 19.1 Å². The lowest BCUT2D eigenvalue weighted by molar-refractivity contribution is 0.506. The lowest BCUT2D eigenvalue weighted by Crippen LogP contribution is -2.13. The maximum atomic E-state index is 13.2. The molecule has 0 saturated heterocycles. The van der Waals surface area contributed by atoms with Crippen LogP contribution >= 0.6 is 0 Å². The van der Waals surface area contributed by atoms with Crippen molar-refractivity contribution in [2.24, 2.45) is 5.73 Å². The van der Waals surface area contributed by atoms with Gasteiger partial charge in [-0.05, 0) is 41.7 Å². The molecule has 0 heterocycles. The summed E-state index contributed by atoms with van der Waals surface area (Å²) < 4.78 is 26.1. The largest absolute Gasteiger partial charge is 0.324 e. The Kier molecular flexibility index (Phi) is 4.85. The molecule has 0 aliphatic heterocycles. The van der Waals surface area contributed by atoms with E-state index >= 15 is 0 Å². The molecule has 2 N–H and O–H groups in total. The summed E-state index contributed by atoms with van der Waals surface area (Å²) >= 11 is 0. The predicted octanol–water partition coefficient (Wildman–Crippen LogP) is 4.16. The monoisotopic (exact) mass is 275 g/mol. The predicted molar refractivity (Wildman–Crippen MR) is 77.4 cm³/mol. The molecule has 0 aliphatic rings. The van der Waals surface area contributed by atoms with Crippen molar-refractivity contribution in [2.45, 2.75) is 32.2 Å². The van der Waals surface area contributed by atoms with Crippen LogP contribution < -0.4 is 5.73 Å². The van der Waals surface area contributed by atoms with E-state index in [0.29, 0.717) is 12.0 Å². The number of aryl methyl sites for hydroxylation is 1. The third-order valence-electron chi connectivity index (χ3n) is 3.36. The van der Waals surface area contributed by atoms with Crippen LogP contribution in [0.1, 0.15) is 36.1 Å². The van der Waals surface area contributed by atoms with Crippen LogP contribution in [0.15, 0.2) is 42.5 Å². The Morgan fingerprint density at radius 2 is 1.80 bits per heavy atom. The second-order valence-electron chi connectivity index (χ2n) is 5.05. The first kappa shape index (κ1) is 14.7. The third-order valence-corrected chi connectivity index (χ3v) is 3.36. The first-order chi connectivity index (χ1) is 9.60. The zero-order valence-corrected chi connectivity index (χ0v) is 11.6. The highest BCUT2D eigenvalue weighted by atomic mass is 19.2. The minimum atomic E-state index is -0.827. The summed E-state index contributed by atoms with van der Waals surface area (Å²) in [6.45, 7) is 2.13. The molecule has 0 spiro atoms. The average Bonchev–Trinajstić information content (AvgIpc) is 2.43. The molecule has 2 aromatic rings. The van der Waals surface area contributed by atoms with E-state index in [0.717, 1.165) is 24.5 Å². The SMILES string of the molecule is CCCc1cccc(C(N)Cc2ccc(F)c(F)c2)c1. The third kappa shape index (κ3) is 3.64. The fourth-order valence-corrected chi connectivity index (χ4v) is 2.31. The molecule has 0 radical (unpaired) electrons. The summed E-state index contributed by atoms with van der Waals surface area (Å²) in [6.07, 6.45) is 2.60. The normalized spacial score (nSPS) is 12.4. The smallest absolute Gasteiger partial charge is 0.159 e. The standard InChI is InChI=1S/C17H19F2N/c1-2-4-12-5-3-6-14(9-12)17(20)11-13-7-8-15(18)16(19)10-13/h3,5-10,17H,2,4,11,20H2,1H3. The Balaban J connectivity index is 2.12. The fraction of sp³-hybridized carbons (Fsp3) is 0.294. The van der Waals surface area contributed by atoms with Crippen LogP contribution in [0.25, 0.3) is 0 Å². The molecule has 0 fully saturated rings. The van der Waals surface area contributed by atoms with Crippen LogP contribution in [0.3, 0.4) is 0 Å². The van der Waals surface area contributed by atoms with Gasteiger partial charge in [0.25, 0.3) is 0 Å². The van der Waals surface area contributed by atoms with Crippen molar-refractivity contribution in [3.05, 3.63) is 70.8 Å². The molecule has 0 amide bonds. The van der Waals surface area contributed by atoms with E-state index in [1.807, 2.05) is 12.1 Å². The zero-order valence-electron chi connectivity index (χ0n) is 11.6. The summed E-state index contributed by atoms with van der Waals surface area (Å²) in [5.74, 6) is -1.65. The van der Waals surface area contributed by atoms with Crippen LogP contribution in [-0.4, -0.2) is 0 Å². The lowest BCUT2D eigenvalue weighted by atomic mass is 9.97. The van der Waals surface area contributed by atoms with E-state index in [1.54, 1.807) is 6.07 Å². The fourth-order valence-electron chi connectivity index (χ4n) is 2.31. The Bertz CT molecular complexity index is 581. The maximum absolute atomic E-state index is 13.2. The number of benzene rings is 2. The molecule has 1 atom stereocenters. The highest BCUT2D eigenvalue weighted by molar-refractivity contribution is 5.28. The first-order valence-electron chi connectivity index (χ1n) is 6.88. The van der Waals surface area contributed by atoms with E-state index in [9.17, 15) is 8.78 Å². The van der Waals surface area contributed by atoms with Crippen molar-refractivity contribution in [3.63, 3.8) is 0 Å². The summed E-state index contributed by atoms with van der Waals surface area (Å²) in [5, 5.41) is 0. The lowest BCUT2D eigenvalue weighted by Gasteiger charge is -2.13. The molecule has 3 heteroatoms. The van der Waals surface area contributed by atoms with Crippen LogP contribution in [0.5, 0.6) is 0 Å². The summed E-state index contributed by atoms with van der Waals surface area (Å²) in [6, 6.07) is 11.9. The van der Waals surface area contributed by atoms with E-state index in [-0.39, 0.29) is 6.04 Å². The van der Waals surface area contributed by atoms with Gasteiger partial charge in [-0.15, -0.1) is 0 Å². The average molecular weight is 275 g/mol. The minimum absolute atomic E-state index is 0.211. The molecule has 106 valence electrons. The summed E-state index contributed by atoms with van der Waals surface area (Å²) in [4.78, 5) is 0. The number of hydrogen-bond acceptors (Lipinski definition) is 1. The highest BCUT2D eigenvalue weighted by Crippen LogP contribution is 2.19. The second-order valence-corrected chi connectivity index (χ2v) is 5.05. The molecule has 2 aromatic carbocycles.